The van der Waals surface area contributed by atoms with E-state index >= 15 is 0 Å². The maximum atomic E-state index is 13.8. The summed E-state index contributed by atoms with van der Waals surface area (Å²) in [6.07, 6.45) is 1.66. The van der Waals surface area contributed by atoms with Crippen molar-refractivity contribution >= 4 is 10.8 Å². The van der Waals surface area contributed by atoms with Crippen molar-refractivity contribution in [3.05, 3.63) is 48.1 Å². The molecule has 0 atom stereocenters. The highest BCUT2D eigenvalue weighted by atomic mass is 19.1. The molecule has 1 aromatic heterocycles. The summed E-state index contributed by atoms with van der Waals surface area (Å²) in [5.74, 6) is 0.794. The number of nitrogens with zero attached hydrogens (tertiary/aromatic N) is 2. The minimum atomic E-state index is -0.247. The topological polar surface area (TPSA) is 51.0 Å². The molecule has 0 aliphatic carbocycles. The maximum absolute atomic E-state index is 13.8. The van der Waals surface area contributed by atoms with E-state index in [4.69, 9.17) is 4.42 Å². The molecular weight excluding hydrogens is 269 g/mol. The number of hydrogen-bond acceptors (Lipinski definition) is 4. The monoisotopic (exact) mass is 285 g/mol. The van der Waals surface area contributed by atoms with Crippen LogP contribution in [0.3, 0.4) is 0 Å². The van der Waals surface area contributed by atoms with E-state index in [1.807, 2.05) is 25.2 Å². The van der Waals surface area contributed by atoms with Crippen molar-refractivity contribution in [1.29, 1.82) is 0 Å². The van der Waals surface area contributed by atoms with Crippen LogP contribution in [0.5, 0.6) is 0 Å². The lowest BCUT2D eigenvalue weighted by Crippen LogP contribution is -2.08. The number of aryl methyl sites for hydroxylation is 1. The average Bonchev–Trinajstić information content (AvgIpc) is 2.97. The molecule has 0 saturated heterocycles. The number of fused-ring (bicyclic) bond motifs is 1. The molecule has 0 unspecified atom stereocenters. The number of benzene rings is 2. The minimum Gasteiger partial charge on any atom is -0.421 e. The van der Waals surface area contributed by atoms with Gasteiger partial charge in [-0.3, -0.25) is 0 Å². The van der Waals surface area contributed by atoms with Gasteiger partial charge in [0.1, 0.15) is 5.82 Å². The lowest BCUT2D eigenvalue weighted by Gasteiger charge is -2.03. The Morgan fingerprint density at radius 1 is 1.10 bits per heavy atom. The second kappa shape index (κ2) is 6.01. The fourth-order valence-corrected chi connectivity index (χ4v) is 2.33. The Morgan fingerprint density at radius 2 is 1.90 bits per heavy atom. The molecule has 5 heteroatoms. The van der Waals surface area contributed by atoms with E-state index in [-0.39, 0.29) is 5.82 Å². The molecule has 108 valence electrons. The molecule has 1 N–H and O–H groups in total. The number of aromatic nitrogens is 2. The summed E-state index contributed by atoms with van der Waals surface area (Å²) >= 11 is 0. The Hall–Kier alpha value is -2.27. The molecule has 1 heterocycles. The zero-order valence-electron chi connectivity index (χ0n) is 11.8. The van der Waals surface area contributed by atoms with E-state index in [2.05, 4.69) is 15.5 Å². The Labute approximate surface area is 122 Å². The van der Waals surface area contributed by atoms with Crippen molar-refractivity contribution in [2.75, 3.05) is 13.6 Å². The van der Waals surface area contributed by atoms with Crippen molar-refractivity contribution in [1.82, 2.24) is 15.5 Å². The molecule has 2 aromatic carbocycles. The van der Waals surface area contributed by atoms with Crippen molar-refractivity contribution in [3.63, 3.8) is 0 Å². The first-order valence-electron chi connectivity index (χ1n) is 6.94. The third-order valence-corrected chi connectivity index (χ3v) is 3.39. The van der Waals surface area contributed by atoms with E-state index < -0.39 is 0 Å². The molecule has 21 heavy (non-hydrogen) atoms. The third-order valence-electron chi connectivity index (χ3n) is 3.39. The average molecular weight is 285 g/mol. The molecule has 3 aromatic rings. The normalized spacial score (nSPS) is 11.1. The van der Waals surface area contributed by atoms with Gasteiger partial charge in [-0.2, -0.15) is 0 Å². The van der Waals surface area contributed by atoms with E-state index in [1.165, 1.54) is 6.07 Å². The lowest BCUT2D eigenvalue weighted by molar-refractivity contribution is 0.495. The van der Waals surface area contributed by atoms with Crippen LogP contribution < -0.4 is 5.32 Å². The molecule has 0 radical (unpaired) electrons. The molecule has 0 fully saturated rings. The summed E-state index contributed by atoms with van der Waals surface area (Å²) in [6, 6.07) is 10.4. The van der Waals surface area contributed by atoms with Gasteiger partial charge < -0.3 is 9.73 Å². The first kappa shape index (κ1) is 13.7. The van der Waals surface area contributed by atoms with Gasteiger partial charge >= 0.3 is 0 Å². The Bertz CT molecular complexity index is 754. The van der Waals surface area contributed by atoms with Crippen molar-refractivity contribution in [3.8, 4) is 11.5 Å². The van der Waals surface area contributed by atoms with Crippen LogP contribution in [0.1, 0.15) is 12.3 Å². The summed E-state index contributed by atoms with van der Waals surface area (Å²) in [7, 11) is 1.91. The van der Waals surface area contributed by atoms with E-state index in [9.17, 15) is 4.39 Å². The van der Waals surface area contributed by atoms with Gasteiger partial charge in [0.15, 0.2) is 0 Å². The van der Waals surface area contributed by atoms with Gasteiger partial charge in [-0.05, 0) is 37.5 Å². The van der Waals surface area contributed by atoms with Crippen LogP contribution in [0.15, 0.2) is 40.8 Å². The zero-order valence-corrected chi connectivity index (χ0v) is 11.8. The van der Waals surface area contributed by atoms with Crippen LogP contribution in [0, 0.1) is 5.82 Å². The quantitative estimate of drug-likeness (QED) is 0.731. The van der Waals surface area contributed by atoms with Gasteiger partial charge in [0, 0.05) is 17.4 Å². The van der Waals surface area contributed by atoms with Crippen LogP contribution in [-0.2, 0) is 6.42 Å². The summed E-state index contributed by atoms with van der Waals surface area (Å²) in [4.78, 5) is 0. The van der Waals surface area contributed by atoms with E-state index in [0.29, 0.717) is 17.2 Å². The molecule has 0 aliphatic rings. The van der Waals surface area contributed by atoms with Crippen LogP contribution in [0.25, 0.3) is 22.2 Å². The second-order valence-corrected chi connectivity index (χ2v) is 4.85. The van der Waals surface area contributed by atoms with Crippen LogP contribution in [-0.4, -0.2) is 23.8 Å². The van der Waals surface area contributed by atoms with Crippen molar-refractivity contribution in [2.45, 2.75) is 12.8 Å². The summed E-state index contributed by atoms with van der Waals surface area (Å²) < 4.78 is 19.5. The summed E-state index contributed by atoms with van der Waals surface area (Å²) in [6.45, 7) is 0.900. The molecule has 0 spiro atoms. The summed E-state index contributed by atoms with van der Waals surface area (Å²) in [5, 5.41) is 12.6. The SMILES string of the molecule is CNCCCc1nnc(-c2ccc(F)c3ccccc23)o1. The number of nitrogens with one attached hydrogen (secondary N) is 1. The lowest BCUT2D eigenvalue weighted by atomic mass is 10.0. The molecule has 0 aliphatic heterocycles. The van der Waals surface area contributed by atoms with Gasteiger partial charge in [0.05, 0.1) is 0 Å². The highest BCUT2D eigenvalue weighted by Gasteiger charge is 2.13. The van der Waals surface area contributed by atoms with Gasteiger partial charge in [0.2, 0.25) is 11.8 Å². The zero-order chi connectivity index (χ0) is 14.7. The molecule has 3 rings (SSSR count). The first-order chi connectivity index (χ1) is 10.3. The van der Waals surface area contributed by atoms with Gasteiger partial charge in [-0.15, -0.1) is 10.2 Å². The van der Waals surface area contributed by atoms with Crippen LogP contribution in [0.4, 0.5) is 4.39 Å². The Balaban J connectivity index is 1.96. The standard InChI is InChI=1S/C16H16FN3O/c1-18-10-4-7-15-19-20-16(21-15)13-8-9-14(17)12-6-3-2-5-11(12)13/h2-3,5-6,8-9,18H,4,7,10H2,1H3. The number of hydrogen-bond donors (Lipinski definition) is 1. The third kappa shape index (κ3) is 2.78. The molecule has 0 bridgehead atoms. The number of halogens is 1. The largest absolute Gasteiger partial charge is 0.421 e. The Morgan fingerprint density at radius 3 is 2.71 bits per heavy atom. The first-order valence-corrected chi connectivity index (χ1v) is 6.94. The van der Waals surface area contributed by atoms with E-state index in [0.717, 1.165) is 30.3 Å². The van der Waals surface area contributed by atoms with E-state index in [1.54, 1.807) is 12.1 Å². The molecule has 4 nitrogen and oxygen atoms in total. The predicted octanol–water partition coefficient (Wildman–Crippen LogP) is 3.18. The fourth-order valence-electron chi connectivity index (χ4n) is 2.33. The number of rotatable bonds is 5. The highest BCUT2D eigenvalue weighted by molar-refractivity contribution is 5.95. The van der Waals surface area contributed by atoms with Gasteiger partial charge in [0.25, 0.3) is 0 Å². The predicted molar refractivity (Wildman–Crippen MR) is 79.4 cm³/mol. The van der Waals surface area contributed by atoms with Crippen LogP contribution in [0.2, 0.25) is 0 Å². The van der Waals surface area contributed by atoms with Crippen LogP contribution >= 0.6 is 0 Å². The second-order valence-electron chi connectivity index (χ2n) is 4.85. The minimum absolute atomic E-state index is 0.247. The van der Waals surface area contributed by atoms with Gasteiger partial charge in [-0.1, -0.05) is 24.3 Å². The fraction of sp³-hybridized carbons (Fsp3) is 0.250. The Kier molecular flexibility index (Phi) is 3.92. The molecular formula is C16H16FN3O. The highest BCUT2D eigenvalue weighted by Crippen LogP contribution is 2.29. The smallest absolute Gasteiger partial charge is 0.248 e. The molecule has 0 amide bonds. The summed E-state index contributed by atoms with van der Waals surface area (Å²) in [5.41, 5.74) is 0.763. The van der Waals surface area contributed by atoms with Crippen molar-refractivity contribution in [2.24, 2.45) is 0 Å². The molecule has 0 saturated carbocycles. The maximum Gasteiger partial charge on any atom is 0.248 e. The van der Waals surface area contributed by atoms with Gasteiger partial charge in [-0.25, -0.2) is 4.39 Å². The van der Waals surface area contributed by atoms with Crippen molar-refractivity contribution < 1.29 is 8.81 Å².